The Bertz CT molecular complexity index is 475. The monoisotopic (exact) mass is 290 g/mol. The van der Waals surface area contributed by atoms with Gasteiger partial charge >= 0.3 is 5.97 Å². The Morgan fingerprint density at radius 1 is 1.33 bits per heavy atom. The third kappa shape index (κ3) is 4.48. The van der Waals surface area contributed by atoms with Crippen LogP contribution in [0.15, 0.2) is 18.2 Å². The topological polar surface area (TPSA) is 46.5 Å². The molecule has 1 unspecified atom stereocenters. The van der Waals surface area contributed by atoms with Crippen molar-refractivity contribution in [2.24, 2.45) is 11.8 Å². The molecule has 116 valence electrons. The van der Waals surface area contributed by atoms with E-state index in [1.807, 2.05) is 6.07 Å². The van der Waals surface area contributed by atoms with Crippen LogP contribution in [0.1, 0.15) is 61.4 Å². The van der Waals surface area contributed by atoms with Crippen LogP contribution in [0, 0.1) is 18.8 Å². The molecule has 1 N–H and O–H groups in total. The van der Waals surface area contributed by atoms with Gasteiger partial charge in [0.15, 0.2) is 0 Å². The lowest BCUT2D eigenvalue weighted by Gasteiger charge is -2.27. The van der Waals surface area contributed by atoms with Gasteiger partial charge in [0.1, 0.15) is 5.75 Å². The minimum atomic E-state index is -0.884. The molecule has 1 atom stereocenters. The number of ether oxygens (including phenoxy) is 1. The summed E-state index contributed by atoms with van der Waals surface area (Å²) in [5, 5.41) is 9.01. The summed E-state index contributed by atoms with van der Waals surface area (Å²) in [5.74, 6) is 1.46. The highest BCUT2D eigenvalue weighted by molar-refractivity contribution is 5.89. The summed E-state index contributed by atoms with van der Waals surface area (Å²) in [5.41, 5.74) is 1.10. The van der Waals surface area contributed by atoms with Crippen molar-refractivity contribution >= 4 is 5.97 Å². The van der Waals surface area contributed by atoms with Crippen LogP contribution >= 0.6 is 0 Å². The fourth-order valence-corrected chi connectivity index (χ4v) is 3.27. The lowest BCUT2D eigenvalue weighted by atomic mass is 9.80. The van der Waals surface area contributed by atoms with Gasteiger partial charge in [0.25, 0.3) is 0 Å². The van der Waals surface area contributed by atoms with Crippen LogP contribution < -0.4 is 4.74 Å². The van der Waals surface area contributed by atoms with Crippen LogP contribution in [0.25, 0.3) is 0 Å². The van der Waals surface area contributed by atoms with Crippen LogP contribution in [0.3, 0.4) is 0 Å². The molecule has 0 aliphatic heterocycles. The molecule has 1 saturated carbocycles. The molecule has 1 aliphatic carbocycles. The van der Waals surface area contributed by atoms with Gasteiger partial charge in [-0.1, -0.05) is 39.0 Å². The molecule has 0 saturated heterocycles. The highest BCUT2D eigenvalue weighted by Gasteiger charge is 2.19. The van der Waals surface area contributed by atoms with E-state index in [0.29, 0.717) is 18.1 Å². The Hall–Kier alpha value is -1.51. The minimum absolute atomic E-state index is 0.345. The molecule has 1 aliphatic rings. The lowest BCUT2D eigenvalue weighted by molar-refractivity contribution is 0.0696. The molecule has 3 heteroatoms. The summed E-state index contributed by atoms with van der Waals surface area (Å²) < 4.78 is 5.79. The molecular weight excluding hydrogens is 264 g/mol. The van der Waals surface area contributed by atoms with Crippen LogP contribution in [0.2, 0.25) is 0 Å². The summed E-state index contributed by atoms with van der Waals surface area (Å²) in [6.07, 6.45) is 7.97. The Morgan fingerprint density at radius 2 is 2.05 bits per heavy atom. The second kappa shape index (κ2) is 7.48. The lowest BCUT2D eigenvalue weighted by Crippen LogP contribution is -2.17. The molecule has 0 amide bonds. The maximum absolute atomic E-state index is 11.0. The average Bonchev–Trinajstić information content (AvgIpc) is 2.47. The Balaban J connectivity index is 1.80. The Morgan fingerprint density at radius 3 is 2.67 bits per heavy atom. The number of hydrogen-bond donors (Lipinski definition) is 1. The van der Waals surface area contributed by atoms with E-state index in [2.05, 4.69) is 6.92 Å². The van der Waals surface area contributed by atoms with E-state index in [4.69, 9.17) is 9.84 Å². The van der Waals surface area contributed by atoms with Gasteiger partial charge in [0.05, 0.1) is 12.2 Å². The smallest absolute Gasteiger partial charge is 0.335 e. The van der Waals surface area contributed by atoms with Crippen molar-refractivity contribution in [2.75, 3.05) is 6.61 Å². The molecule has 0 bridgehead atoms. The molecule has 1 aromatic rings. The Kier molecular flexibility index (Phi) is 5.66. The standard InChI is InChI=1S/C18H26O3/c1-13(15-6-4-3-5-7-15)10-11-21-16-8-9-17(18(19)20)14(2)12-16/h8-9,12-13,15H,3-7,10-11H2,1-2H3,(H,19,20). The highest BCUT2D eigenvalue weighted by atomic mass is 16.5. The molecule has 1 aromatic carbocycles. The number of benzene rings is 1. The fourth-order valence-electron chi connectivity index (χ4n) is 3.27. The van der Waals surface area contributed by atoms with Gasteiger partial charge in [-0.05, 0) is 48.9 Å². The second-order valence-electron chi connectivity index (χ2n) is 6.29. The Labute approximate surface area is 127 Å². The average molecular weight is 290 g/mol. The first-order chi connectivity index (χ1) is 10.1. The number of aryl methyl sites for hydroxylation is 1. The van der Waals surface area contributed by atoms with E-state index in [1.165, 1.54) is 32.1 Å². The van der Waals surface area contributed by atoms with Crippen LogP contribution in [-0.4, -0.2) is 17.7 Å². The van der Waals surface area contributed by atoms with E-state index < -0.39 is 5.97 Å². The number of rotatable bonds is 6. The summed E-state index contributed by atoms with van der Waals surface area (Å²) in [4.78, 5) is 11.0. The maximum Gasteiger partial charge on any atom is 0.335 e. The van der Waals surface area contributed by atoms with Gasteiger partial charge in [-0.15, -0.1) is 0 Å². The van der Waals surface area contributed by atoms with E-state index in [0.717, 1.165) is 23.7 Å². The van der Waals surface area contributed by atoms with Crippen molar-refractivity contribution in [2.45, 2.75) is 52.4 Å². The number of hydrogen-bond acceptors (Lipinski definition) is 2. The number of carboxylic acid groups (broad SMARTS) is 1. The maximum atomic E-state index is 11.0. The molecular formula is C18H26O3. The molecule has 0 heterocycles. The van der Waals surface area contributed by atoms with Crippen molar-refractivity contribution in [3.05, 3.63) is 29.3 Å². The molecule has 0 radical (unpaired) electrons. The van der Waals surface area contributed by atoms with Crippen LogP contribution in [0.4, 0.5) is 0 Å². The van der Waals surface area contributed by atoms with Crippen molar-refractivity contribution in [1.82, 2.24) is 0 Å². The van der Waals surface area contributed by atoms with Gasteiger partial charge in [0.2, 0.25) is 0 Å². The largest absolute Gasteiger partial charge is 0.494 e. The zero-order valence-electron chi connectivity index (χ0n) is 13.1. The van der Waals surface area contributed by atoms with E-state index in [1.54, 1.807) is 19.1 Å². The number of carboxylic acids is 1. The van der Waals surface area contributed by atoms with Gasteiger partial charge < -0.3 is 9.84 Å². The normalized spacial score (nSPS) is 17.4. The van der Waals surface area contributed by atoms with E-state index in [9.17, 15) is 4.79 Å². The zero-order valence-corrected chi connectivity index (χ0v) is 13.1. The molecule has 21 heavy (non-hydrogen) atoms. The summed E-state index contributed by atoms with van der Waals surface area (Å²) in [6.45, 7) is 4.85. The number of aromatic carboxylic acids is 1. The zero-order chi connectivity index (χ0) is 15.2. The first-order valence-corrected chi connectivity index (χ1v) is 8.04. The van der Waals surface area contributed by atoms with Crippen molar-refractivity contribution in [1.29, 1.82) is 0 Å². The van der Waals surface area contributed by atoms with Crippen LogP contribution in [0.5, 0.6) is 5.75 Å². The van der Waals surface area contributed by atoms with E-state index >= 15 is 0 Å². The number of carbonyl (C=O) groups is 1. The highest BCUT2D eigenvalue weighted by Crippen LogP contribution is 2.31. The first-order valence-electron chi connectivity index (χ1n) is 8.04. The molecule has 1 fully saturated rings. The third-order valence-corrected chi connectivity index (χ3v) is 4.72. The van der Waals surface area contributed by atoms with Gasteiger partial charge in [-0.3, -0.25) is 0 Å². The third-order valence-electron chi connectivity index (χ3n) is 4.72. The van der Waals surface area contributed by atoms with Crippen molar-refractivity contribution in [3.8, 4) is 5.75 Å². The first kappa shape index (κ1) is 15.9. The molecule has 2 rings (SSSR count). The van der Waals surface area contributed by atoms with Crippen LogP contribution in [-0.2, 0) is 0 Å². The predicted molar refractivity (Wildman–Crippen MR) is 84.0 cm³/mol. The molecule has 3 nitrogen and oxygen atoms in total. The fraction of sp³-hybridized carbons (Fsp3) is 0.611. The minimum Gasteiger partial charge on any atom is -0.494 e. The molecule has 0 spiro atoms. The second-order valence-corrected chi connectivity index (χ2v) is 6.29. The van der Waals surface area contributed by atoms with Gasteiger partial charge in [-0.25, -0.2) is 4.79 Å². The van der Waals surface area contributed by atoms with Gasteiger partial charge in [-0.2, -0.15) is 0 Å². The molecule has 0 aromatic heterocycles. The summed E-state index contributed by atoms with van der Waals surface area (Å²) in [7, 11) is 0. The summed E-state index contributed by atoms with van der Waals surface area (Å²) >= 11 is 0. The predicted octanol–water partition coefficient (Wildman–Crippen LogP) is 4.68. The SMILES string of the molecule is Cc1cc(OCCC(C)C2CCCCC2)ccc1C(=O)O. The van der Waals surface area contributed by atoms with E-state index in [-0.39, 0.29) is 0 Å². The van der Waals surface area contributed by atoms with Crippen molar-refractivity contribution < 1.29 is 14.6 Å². The van der Waals surface area contributed by atoms with Crippen molar-refractivity contribution in [3.63, 3.8) is 0 Å². The van der Waals surface area contributed by atoms with Gasteiger partial charge in [0, 0.05) is 0 Å². The summed E-state index contributed by atoms with van der Waals surface area (Å²) in [6, 6.07) is 5.19. The quantitative estimate of drug-likeness (QED) is 0.827.